The predicted octanol–water partition coefficient (Wildman–Crippen LogP) is 2.91. The van der Waals surface area contributed by atoms with Gasteiger partial charge in [0.2, 0.25) is 0 Å². The Hall–Kier alpha value is -1.06. The molecular weight excluding hydrogens is 250 g/mol. The van der Waals surface area contributed by atoms with Crippen molar-refractivity contribution >= 4 is 0 Å². The van der Waals surface area contributed by atoms with E-state index in [2.05, 4.69) is 24.4 Å². The minimum Gasteiger partial charge on any atom is -0.497 e. The Balaban J connectivity index is 1.85. The first-order valence-corrected chi connectivity index (χ1v) is 7.76. The fraction of sp³-hybridized carbons (Fsp3) is 0.647. The molecule has 2 N–H and O–H groups in total. The van der Waals surface area contributed by atoms with E-state index in [9.17, 15) is 5.11 Å². The van der Waals surface area contributed by atoms with E-state index < -0.39 is 0 Å². The SMILES string of the molecule is COc1ccc(CC(C)NC2CCCCCC2O)cc1. The standard InChI is InChI=1S/C17H27NO2/c1-13(12-14-8-10-15(20-2)11-9-14)18-16-6-4-3-5-7-17(16)19/h8-11,13,16-19H,3-7,12H2,1-2H3. The third-order valence-electron chi connectivity index (χ3n) is 4.18. The van der Waals surface area contributed by atoms with E-state index in [1.54, 1.807) is 7.11 Å². The molecule has 0 spiro atoms. The maximum atomic E-state index is 10.2. The van der Waals surface area contributed by atoms with E-state index in [1.165, 1.54) is 18.4 Å². The first-order valence-electron chi connectivity index (χ1n) is 7.76. The first-order chi connectivity index (χ1) is 9.69. The van der Waals surface area contributed by atoms with Gasteiger partial charge in [-0.2, -0.15) is 0 Å². The summed E-state index contributed by atoms with van der Waals surface area (Å²) in [7, 11) is 1.69. The molecule has 0 amide bonds. The molecule has 1 aromatic carbocycles. The van der Waals surface area contributed by atoms with Crippen molar-refractivity contribution in [1.82, 2.24) is 5.32 Å². The van der Waals surface area contributed by atoms with Gasteiger partial charge in [-0.15, -0.1) is 0 Å². The molecule has 1 saturated carbocycles. The predicted molar refractivity (Wildman–Crippen MR) is 82.2 cm³/mol. The van der Waals surface area contributed by atoms with Gasteiger partial charge >= 0.3 is 0 Å². The highest BCUT2D eigenvalue weighted by Crippen LogP contribution is 2.19. The van der Waals surface area contributed by atoms with Crippen molar-refractivity contribution in [3.63, 3.8) is 0 Å². The summed E-state index contributed by atoms with van der Waals surface area (Å²) in [4.78, 5) is 0. The number of methoxy groups -OCH3 is 1. The maximum absolute atomic E-state index is 10.2. The van der Waals surface area contributed by atoms with E-state index in [1.807, 2.05) is 12.1 Å². The quantitative estimate of drug-likeness (QED) is 0.813. The van der Waals surface area contributed by atoms with Gasteiger partial charge in [-0.3, -0.25) is 0 Å². The van der Waals surface area contributed by atoms with Crippen LogP contribution in [0.2, 0.25) is 0 Å². The summed E-state index contributed by atoms with van der Waals surface area (Å²) in [6, 6.07) is 8.86. The van der Waals surface area contributed by atoms with Crippen LogP contribution in [0, 0.1) is 0 Å². The van der Waals surface area contributed by atoms with Gasteiger partial charge in [0.15, 0.2) is 0 Å². The third-order valence-corrected chi connectivity index (χ3v) is 4.18. The van der Waals surface area contributed by atoms with Gasteiger partial charge in [0.25, 0.3) is 0 Å². The molecular formula is C17H27NO2. The van der Waals surface area contributed by atoms with Crippen molar-refractivity contribution in [2.75, 3.05) is 7.11 Å². The second-order valence-corrected chi connectivity index (χ2v) is 5.93. The lowest BCUT2D eigenvalue weighted by atomic mass is 10.0. The van der Waals surface area contributed by atoms with Gasteiger partial charge in [-0.25, -0.2) is 0 Å². The van der Waals surface area contributed by atoms with Crippen LogP contribution in [0.1, 0.15) is 44.6 Å². The highest BCUT2D eigenvalue weighted by atomic mass is 16.5. The summed E-state index contributed by atoms with van der Waals surface area (Å²) in [5.74, 6) is 0.897. The van der Waals surface area contributed by atoms with Crippen molar-refractivity contribution in [3.05, 3.63) is 29.8 Å². The molecule has 0 saturated heterocycles. The summed E-state index contributed by atoms with van der Waals surface area (Å²) in [6.07, 6.45) is 6.46. The van der Waals surface area contributed by atoms with Crippen LogP contribution in [0.15, 0.2) is 24.3 Å². The highest BCUT2D eigenvalue weighted by Gasteiger charge is 2.22. The number of benzene rings is 1. The zero-order valence-corrected chi connectivity index (χ0v) is 12.6. The summed E-state index contributed by atoms with van der Waals surface area (Å²) < 4.78 is 5.17. The highest BCUT2D eigenvalue weighted by molar-refractivity contribution is 5.27. The second kappa shape index (κ2) is 7.65. The number of ether oxygens (including phenoxy) is 1. The van der Waals surface area contributed by atoms with Gasteiger partial charge < -0.3 is 15.2 Å². The molecule has 1 aromatic rings. The van der Waals surface area contributed by atoms with E-state index >= 15 is 0 Å². The molecule has 1 fully saturated rings. The van der Waals surface area contributed by atoms with Gasteiger partial charge in [-0.1, -0.05) is 31.4 Å². The first kappa shape index (κ1) is 15.3. The maximum Gasteiger partial charge on any atom is 0.118 e. The zero-order chi connectivity index (χ0) is 14.4. The summed E-state index contributed by atoms with van der Waals surface area (Å²) in [5, 5.41) is 13.8. The molecule has 0 bridgehead atoms. The van der Waals surface area contributed by atoms with Crippen LogP contribution in [0.25, 0.3) is 0 Å². The van der Waals surface area contributed by atoms with Crippen LogP contribution < -0.4 is 10.1 Å². The summed E-state index contributed by atoms with van der Waals surface area (Å²) >= 11 is 0. The van der Waals surface area contributed by atoms with Gasteiger partial charge in [0, 0.05) is 12.1 Å². The Morgan fingerprint density at radius 3 is 2.60 bits per heavy atom. The molecule has 0 heterocycles. The lowest BCUT2D eigenvalue weighted by Crippen LogP contribution is -2.44. The van der Waals surface area contributed by atoms with E-state index in [-0.39, 0.29) is 12.1 Å². The van der Waals surface area contributed by atoms with E-state index in [4.69, 9.17) is 4.74 Å². The molecule has 20 heavy (non-hydrogen) atoms. The lowest BCUT2D eigenvalue weighted by Gasteiger charge is -2.26. The van der Waals surface area contributed by atoms with E-state index in [0.717, 1.165) is 31.4 Å². The topological polar surface area (TPSA) is 41.5 Å². The smallest absolute Gasteiger partial charge is 0.118 e. The minimum absolute atomic E-state index is 0.184. The van der Waals surface area contributed by atoms with Gasteiger partial charge in [0.05, 0.1) is 13.2 Å². The number of hydrogen-bond donors (Lipinski definition) is 2. The van der Waals surface area contributed by atoms with Gasteiger partial charge in [-0.05, 0) is 43.9 Å². The van der Waals surface area contributed by atoms with Crippen molar-refractivity contribution in [1.29, 1.82) is 0 Å². The molecule has 1 aliphatic carbocycles. The molecule has 112 valence electrons. The summed E-state index contributed by atoms with van der Waals surface area (Å²) in [5.41, 5.74) is 1.30. The lowest BCUT2D eigenvalue weighted by molar-refractivity contribution is 0.114. The zero-order valence-electron chi connectivity index (χ0n) is 12.6. The normalized spacial score (nSPS) is 24.9. The van der Waals surface area contributed by atoms with E-state index in [0.29, 0.717) is 6.04 Å². The molecule has 2 rings (SSSR count). The van der Waals surface area contributed by atoms with Gasteiger partial charge in [0.1, 0.15) is 5.75 Å². The van der Waals surface area contributed by atoms with Crippen LogP contribution >= 0.6 is 0 Å². The third kappa shape index (κ3) is 4.50. The Labute approximate surface area is 122 Å². The Morgan fingerprint density at radius 2 is 1.90 bits per heavy atom. The van der Waals surface area contributed by atoms with Crippen molar-refractivity contribution < 1.29 is 9.84 Å². The van der Waals surface area contributed by atoms with Crippen LogP contribution in [-0.4, -0.2) is 30.4 Å². The fourth-order valence-corrected chi connectivity index (χ4v) is 3.02. The minimum atomic E-state index is -0.184. The van der Waals surface area contributed by atoms with Crippen molar-refractivity contribution in [2.24, 2.45) is 0 Å². The molecule has 0 aromatic heterocycles. The summed E-state index contributed by atoms with van der Waals surface area (Å²) in [6.45, 7) is 2.20. The number of hydrogen-bond acceptors (Lipinski definition) is 3. The largest absolute Gasteiger partial charge is 0.497 e. The molecule has 3 atom stereocenters. The number of rotatable bonds is 5. The number of nitrogens with one attached hydrogen (secondary N) is 1. The number of aliphatic hydroxyl groups excluding tert-OH is 1. The molecule has 3 heteroatoms. The molecule has 1 aliphatic rings. The van der Waals surface area contributed by atoms with Crippen molar-refractivity contribution in [2.45, 2.75) is 63.6 Å². The van der Waals surface area contributed by atoms with Crippen LogP contribution in [-0.2, 0) is 6.42 Å². The fourth-order valence-electron chi connectivity index (χ4n) is 3.02. The van der Waals surface area contributed by atoms with Crippen LogP contribution in [0.5, 0.6) is 5.75 Å². The Kier molecular flexibility index (Phi) is 5.86. The molecule has 3 nitrogen and oxygen atoms in total. The average Bonchev–Trinajstić information content (AvgIpc) is 2.65. The Bertz CT molecular complexity index is 390. The van der Waals surface area contributed by atoms with Crippen LogP contribution in [0.3, 0.4) is 0 Å². The second-order valence-electron chi connectivity index (χ2n) is 5.93. The molecule has 0 aliphatic heterocycles. The molecule has 0 radical (unpaired) electrons. The monoisotopic (exact) mass is 277 g/mol. The van der Waals surface area contributed by atoms with Crippen molar-refractivity contribution in [3.8, 4) is 5.75 Å². The number of aliphatic hydroxyl groups is 1. The Morgan fingerprint density at radius 1 is 1.20 bits per heavy atom. The molecule has 3 unspecified atom stereocenters. The van der Waals surface area contributed by atoms with Crippen LogP contribution in [0.4, 0.5) is 0 Å². The average molecular weight is 277 g/mol.